The molecule has 1 aromatic carbocycles. The number of benzene rings is 1. The van der Waals surface area contributed by atoms with Crippen LogP contribution in [-0.4, -0.2) is 27.9 Å². The van der Waals surface area contributed by atoms with E-state index in [1.165, 1.54) is 29.3 Å². The van der Waals surface area contributed by atoms with Crippen molar-refractivity contribution >= 4 is 18.2 Å². The Labute approximate surface area is 152 Å². The minimum Gasteiger partial charge on any atom is -0.265 e. The molecule has 1 fully saturated rings. The summed E-state index contributed by atoms with van der Waals surface area (Å²) in [5, 5.41) is 1.41. The van der Waals surface area contributed by atoms with E-state index < -0.39 is 7.21 Å². The average Bonchev–Trinajstić information content (AvgIpc) is 3.08. The standard InChI is InChI=1S/C21H30N3P/c1-17-8-9-20(18(2)16-17)23-25(21(3,4)5,24-14-6-7-15-24)19-10-12-22-13-11-19/h8-13,16H,6-7,14-15H2,1-5H3/t25-/m1/s1. The van der Waals surface area contributed by atoms with Crippen molar-refractivity contribution in [3.63, 3.8) is 0 Å². The van der Waals surface area contributed by atoms with Gasteiger partial charge < -0.3 is 0 Å². The molecular weight excluding hydrogens is 325 g/mol. The molecular formula is C21H30N3P. The SMILES string of the molecule is Cc1ccc(N=[P@](c2ccncc2)(N2CCCC2)C(C)(C)C)c(C)c1. The molecule has 1 saturated heterocycles. The van der Waals surface area contributed by atoms with E-state index in [9.17, 15) is 0 Å². The highest BCUT2D eigenvalue weighted by molar-refractivity contribution is 7.73. The zero-order valence-corrected chi connectivity index (χ0v) is 17.1. The topological polar surface area (TPSA) is 28.5 Å². The van der Waals surface area contributed by atoms with Crippen molar-refractivity contribution in [1.29, 1.82) is 0 Å². The van der Waals surface area contributed by atoms with Crippen LogP contribution in [0.15, 0.2) is 47.5 Å². The van der Waals surface area contributed by atoms with E-state index in [0.29, 0.717) is 0 Å². The number of aryl methyl sites for hydroxylation is 2. The summed E-state index contributed by atoms with van der Waals surface area (Å²) in [6, 6.07) is 11.0. The van der Waals surface area contributed by atoms with Gasteiger partial charge in [0.1, 0.15) is 0 Å². The summed E-state index contributed by atoms with van der Waals surface area (Å²) in [6.07, 6.45) is 6.38. The third kappa shape index (κ3) is 3.45. The lowest BCUT2D eigenvalue weighted by Crippen LogP contribution is -2.35. The van der Waals surface area contributed by atoms with Crippen molar-refractivity contribution < 1.29 is 0 Å². The van der Waals surface area contributed by atoms with E-state index in [2.05, 4.69) is 74.6 Å². The maximum Gasteiger partial charge on any atom is 0.0721 e. The van der Waals surface area contributed by atoms with E-state index in [1.807, 2.05) is 12.4 Å². The Kier molecular flexibility index (Phi) is 5.18. The van der Waals surface area contributed by atoms with Crippen LogP contribution in [0.25, 0.3) is 0 Å². The highest BCUT2D eigenvalue weighted by Gasteiger charge is 2.42. The van der Waals surface area contributed by atoms with Crippen LogP contribution < -0.4 is 5.30 Å². The van der Waals surface area contributed by atoms with Gasteiger partial charge in [0.15, 0.2) is 0 Å². The third-order valence-electron chi connectivity index (χ3n) is 5.05. The Hall–Kier alpha value is -1.44. The summed E-state index contributed by atoms with van der Waals surface area (Å²) in [5.74, 6) is 0. The van der Waals surface area contributed by atoms with E-state index in [1.54, 1.807) is 0 Å². The number of rotatable bonds is 3. The normalized spacial score (nSPS) is 18.1. The Bertz CT molecular complexity index is 785. The molecule has 1 aliphatic heterocycles. The molecule has 134 valence electrons. The summed E-state index contributed by atoms with van der Waals surface area (Å²) < 4.78 is 8.25. The first-order chi connectivity index (χ1) is 11.8. The van der Waals surface area contributed by atoms with Crippen LogP contribution in [0, 0.1) is 13.8 Å². The quantitative estimate of drug-likeness (QED) is 0.664. The molecule has 1 aliphatic rings. The summed E-state index contributed by atoms with van der Waals surface area (Å²) in [5.41, 5.74) is 3.70. The van der Waals surface area contributed by atoms with E-state index >= 15 is 0 Å². The van der Waals surface area contributed by atoms with E-state index in [4.69, 9.17) is 4.74 Å². The lowest BCUT2D eigenvalue weighted by atomic mass is 10.1. The maximum atomic E-state index is 5.56. The number of hydrogen-bond acceptors (Lipinski definition) is 2. The Balaban J connectivity index is 2.32. The predicted octanol–water partition coefficient (Wildman–Crippen LogP) is 5.67. The third-order valence-corrected chi connectivity index (χ3v) is 9.67. The molecule has 0 unspecified atom stereocenters. The first-order valence-electron chi connectivity index (χ1n) is 9.20. The van der Waals surface area contributed by atoms with Crippen molar-refractivity contribution in [2.75, 3.05) is 13.1 Å². The van der Waals surface area contributed by atoms with Crippen LogP contribution in [0.2, 0.25) is 0 Å². The van der Waals surface area contributed by atoms with Gasteiger partial charge in [0.2, 0.25) is 0 Å². The number of pyridine rings is 1. The second-order valence-corrected chi connectivity index (χ2v) is 11.9. The Morgan fingerprint density at radius 2 is 1.64 bits per heavy atom. The van der Waals surface area contributed by atoms with Gasteiger partial charge in [0.25, 0.3) is 0 Å². The fourth-order valence-corrected chi connectivity index (χ4v) is 8.30. The van der Waals surface area contributed by atoms with Gasteiger partial charge in [-0.05, 0) is 50.5 Å². The molecule has 2 heterocycles. The van der Waals surface area contributed by atoms with Crippen LogP contribution in [0.3, 0.4) is 0 Å². The number of nitrogens with zero attached hydrogens (tertiary/aromatic N) is 3. The minimum atomic E-state index is -1.93. The zero-order valence-electron chi connectivity index (χ0n) is 16.2. The van der Waals surface area contributed by atoms with Crippen LogP contribution in [-0.2, 0) is 0 Å². The Morgan fingerprint density at radius 1 is 1.00 bits per heavy atom. The van der Waals surface area contributed by atoms with E-state index in [-0.39, 0.29) is 5.16 Å². The van der Waals surface area contributed by atoms with Gasteiger partial charge in [-0.3, -0.25) is 9.65 Å². The minimum absolute atomic E-state index is 0.0655. The monoisotopic (exact) mass is 355 g/mol. The Morgan fingerprint density at radius 3 is 2.20 bits per heavy atom. The molecule has 0 aliphatic carbocycles. The smallest absolute Gasteiger partial charge is 0.0721 e. The fourth-order valence-electron chi connectivity index (χ4n) is 3.86. The molecule has 0 N–H and O–H groups in total. The van der Waals surface area contributed by atoms with Gasteiger partial charge in [-0.2, -0.15) is 0 Å². The van der Waals surface area contributed by atoms with E-state index in [0.717, 1.165) is 18.8 Å². The van der Waals surface area contributed by atoms with Crippen LogP contribution >= 0.6 is 7.21 Å². The average molecular weight is 355 g/mol. The molecule has 1 atom stereocenters. The lowest BCUT2D eigenvalue weighted by molar-refractivity contribution is 0.538. The molecule has 0 spiro atoms. The molecule has 3 rings (SSSR count). The highest BCUT2D eigenvalue weighted by atomic mass is 31.2. The molecule has 2 aromatic rings. The molecule has 0 saturated carbocycles. The van der Waals surface area contributed by atoms with Crippen LogP contribution in [0.1, 0.15) is 44.7 Å². The summed E-state index contributed by atoms with van der Waals surface area (Å²) in [6.45, 7) is 13.7. The van der Waals surface area contributed by atoms with Gasteiger partial charge in [0.05, 0.1) is 12.9 Å². The second kappa shape index (κ2) is 7.05. The number of hydrogen-bond donors (Lipinski definition) is 0. The second-order valence-electron chi connectivity index (χ2n) is 8.03. The lowest BCUT2D eigenvalue weighted by Gasteiger charge is -2.44. The van der Waals surface area contributed by atoms with Crippen LogP contribution in [0.5, 0.6) is 0 Å². The maximum absolute atomic E-state index is 5.56. The molecule has 25 heavy (non-hydrogen) atoms. The molecule has 0 radical (unpaired) electrons. The van der Waals surface area contributed by atoms with Gasteiger partial charge in [-0.25, -0.2) is 4.74 Å². The molecule has 0 bridgehead atoms. The largest absolute Gasteiger partial charge is 0.265 e. The van der Waals surface area contributed by atoms with Crippen molar-refractivity contribution in [2.45, 2.75) is 52.6 Å². The molecule has 3 nitrogen and oxygen atoms in total. The van der Waals surface area contributed by atoms with Crippen molar-refractivity contribution in [3.05, 3.63) is 53.9 Å². The van der Waals surface area contributed by atoms with Crippen LogP contribution in [0.4, 0.5) is 5.69 Å². The van der Waals surface area contributed by atoms with Gasteiger partial charge in [-0.1, -0.05) is 38.5 Å². The molecule has 1 aromatic heterocycles. The van der Waals surface area contributed by atoms with Crippen molar-refractivity contribution in [1.82, 2.24) is 9.65 Å². The van der Waals surface area contributed by atoms with Crippen molar-refractivity contribution in [3.8, 4) is 0 Å². The van der Waals surface area contributed by atoms with Gasteiger partial charge in [-0.15, -0.1) is 0 Å². The first-order valence-corrected chi connectivity index (χ1v) is 10.9. The fraction of sp³-hybridized carbons (Fsp3) is 0.476. The highest BCUT2D eigenvalue weighted by Crippen LogP contribution is 2.65. The predicted molar refractivity (Wildman–Crippen MR) is 109 cm³/mol. The molecule has 4 heteroatoms. The molecule has 0 amide bonds. The first kappa shape index (κ1) is 18.4. The van der Waals surface area contributed by atoms with Crippen molar-refractivity contribution in [2.24, 2.45) is 4.74 Å². The summed E-state index contributed by atoms with van der Waals surface area (Å²) in [4.78, 5) is 4.26. The zero-order chi connectivity index (χ0) is 18.1. The summed E-state index contributed by atoms with van der Waals surface area (Å²) in [7, 11) is -1.93. The number of aromatic nitrogens is 1. The summed E-state index contributed by atoms with van der Waals surface area (Å²) >= 11 is 0. The van der Waals surface area contributed by atoms with Gasteiger partial charge >= 0.3 is 0 Å². The van der Waals surface area contributed by atoms with Gasteiger partial charge in [0, 0.05) is 35.9 Å².